The molecule has 2 aromatic rings. The van der Waals surface area contributed by atoms with E-state index in [1.165, 1.54) is 9.71 Å². The van der Waals surface area contributed by atoms with Crippen molar-refractivity contribution in [3.8, 4) is 0 Å². The van der Waals surface area contributed by atoms with Gasteiger partial charge in [-0.3, -0.25) is 0 Å². The lowest BCUT2D eigenvalue weighted by molar-refractivity contribution is 0.0279. The second-order valence-corrected chi connectivity index (χ2v) is 10.2. The molecule has 0 radical (unpaired) electrons. The first kappa shape index (κ1) is 17.3. The van der Waals surface area contributed by atoms with Crippen molar-refractivity contribution in [2.45, 2.75) is 45.1 Å². The number of carbonyl (C=O) groups excluding carboxylic acids is 1. The monoisotopic (exact) mass is 422 g/mol. The Bertz CT molecular complexity index is 799. The molecule has 1 aliphatic heterocycles. The van der Waals surface area contributed by atoms with Gasteiger partial charge < -0.3 is 9.64 Å². The second-order valence-electron chi connectivity index (χ2n) is 8.24. The van der Waals surface area contributed by atoms with Crippen LogP contribution < -0.4 is 0 Å². The van der Waals surface area contributed by atoms with Crippen LogP contribution in [0.3, 0.4) is 0 Å². The summed E-state index contributed by atoms with van der Waals surface area (Å²) in [5.74, 6) is 1.69. The maximum absolute atomic E-state index is 12.3. The Labute approximate surface area is 160 Å². The summed E-state index contributed by atoms with van der Waals surface area (Å²) < 4.78 is 7.85. The number of fused-ring (bicyclic) bond motifs is 2. The fraction of sp³-hybridized carbons (Fsp3) is 0.579. The Hall–Kier alpha value is -1.14. The summed E-state index contributed by atoms with van der Waals surface area (Å²) >= 11 is 5.34. The standard InChI is InChI=1S/C19H23BrN2O2S/c1-19(2,3)24-18(23)22-9-12-6-11(7-13(12)10-22)17-21-15-8-14(20)4-5-16(15)25-17/h4-5,8,11-13H,6-7,9-10H2,1-3H3/t11?,12-,13+. The van der Waals surface area contributed by atoms with Crippen LogP contribution in [-0.4, -0.2) is 34.7 Å². The number of amides is 1. The molecule has 1 amide bonds. The molecule has 3 atom stereocenters. The van der Waals surface area contributed by atoms with Crippen molar-refractivity contribution < 1.29 is 9.53 Å². The zero-order valence-electron chi connectivity index (χ0n) is 14.8. The zero-order valence-corrected chi connectivity index (χ0v) is 17.2. The van der Waals surface area contributed by atoms with Crippen LogP contribution in [0.2, 0.25) is 0 Å². The summed E-state index contributed by atoms with van der Waals surface area (Å²) in [4.78, 5) is 19.0. The minimum atomic E-state index is -0.424. The molecule has 1 saturated heterocycles. The van der Waals surface area contributed by atoms with E-state index < -0.39 is 5.60 Å². The average molecular weight is 423 g/mol. The number of rotatable bonds is 1. The highest BCUT2D eigenvalue weighted by Crippen LogP contribution is 2.47. The van der Waals surface area contributed by atoms with Gasteiger partial charge in [-0.25, -0.2) is 9.78 Å². The van der Waals surface area contributed by atoms with Gasteiger partial charge in [0.25, 0.3) is 0 Å². The molecular weight excluding hydrogens is 400 g/mol. The molecule has 2 aliphatic rings. The van der Waals surface area contributed by atoms with E-state index in [1.807, 2.05) is 37.0 Å². The van der Waals surface area contributed by atoms with Gasteiger partial charge in [0.2, 0.25) is 0 Å². The summed E-state index contributed by atoms with van der Waals surface area (Å²) in [6, 6.07) is 6.31. The molecule has 1 unspecified atom stereocenters. The molecule has 0 N–H and O–H groups in total. The molecule has 2 fully saturated rings. The predicted octanol–water partition coefficient (Wildman–Crippen LogP) is 5.42. The third-order valence-corrected chi connectivity index (χ3v) is 6.81. The van der Waals surface area contributed by atoms with E-state index in [-0.39, 0.29) is 6.09 Å². The van der Waals surface area contributed by atoms with Gasteiger partial charge in [0.15, 0.2) is 0 Å². The van der Waals surface area contributed by atoms with Crippen LogP contribution in [0.5, 0.6) is 0 Å². The van der Waals surface area contributed by atoms with E-state index in [2.05, 4.69) is 34.1 Å². The van der Waals surface area contributed by atoms with Gasteiger partial charge in [-0.2, -0.15) is 0 Å². The minimum Gasteiger partial charge on any atom is -0.444 e. The van der Waals surface area contributed by atoms with Gasteiger partial charge in [-0.1, -0.05) is 15.9 Å². The molecule has 0 spiro atoms. The zero-order chi connectivity index (χ0) is 17.8. The normalized spacial score (nSPS) is 26.2. The summed E-state index contributed by atoms with van der Waals surface area (Å²) in [7, 11) is 0. The van der Waals surface area contributed by atoms with Crippen molar-refractivity contribution in [3.05, 3.63) is 27.7 Å². The lowest BCUT2D eigenvalue weighted by Gasteiger charge is -2.25. The first-order valence-electron chi connectivity index (χ1n) is 8.82. The van der Waals surface area contributed by atoms with Crippen molar-refractivity contribution in [3.63, 3.8) is 0 Å². The highest BCUT2D eigenvalue weighted by atomic mass is 79.9. The quantitative estimate of drug-likeness (QED) is 0.615. The smallest absolute Gasteiger partial charge is 0.410 e. The summed E-state index contributed by atoms with van der Waals surface area (Å²) in [5.41, 5.74) is 0.661. The highest BCUT2D eigenvalue weighted by molar-refractivity contribution is 9.10. The number of thiazole rings is 1. The van der Waals surface area contributed by atoms with Crippen molar-refractivity contribution in [1.82, 2.24) is 9.88 Å². The van der Waals surface area contributed by atoms with Crippen LogP contribution in [0, 0.1) is 11.8 Å². The number of hydrogen-bond acceptors (Lipinski definition) is 4. The predicted molar refractivity (Wildman–Crippen MR) is 104 cm³/mol. The number of hydrogen-bond donors (Lipinski definition) is 0. The van der Waals surface area contributed by atoms with Gasteiger partial charge in [0.1, 0.15) is 5.60 Å². The molecule has 134 valence electrons. The van der Waals surface area contributed by atoms with Gasteiger partial charge in [-0.05, 0) is 63.6 Å². The Balaban J connectivity index is 1.42. The molecule has 1 aliphatic carbocycles. The SMILES string of the molecule is CC(C)(C)OC(=O)N1C[C@H]2CC(c3nc4cc(Br)ccc4s3)C[C@H]2C1. The van der Waals surface area contributed by atoms with Crippen LogP contribution in [0.15, 0.2) is 22.7 Å². The van der Waals surface area contributed by atoms with Crippen LogP contribution in [0.1, 0.15) is 44.5 Å². The molecule has 2 heterocycles. The molecular formula is C19H23BrN2O2S. The molecule has 0 bridgehead atoms. The maximum atomic E-state index is 12.3. The minimum absolute atomic E-state index is 0.164. The average Bonchev–Trinajstić information content (AvgIpc) is 3.15. The van der Waals surface area contributed by atoms with Crippen molar-refractivity contribution in [1.29, 1.82) is 0 Å². The largest absolute Gasteiger partial charge is 0.444 e. The molecule has 6 heteroatoms. The van der Waals surface area contributed by atoms with E-state index in [4.69, 9.17) is 9.72 Å². The van der Waals surface area contributed by atoms with Gasteiger partial charge >= 0.3 is 6.09 Å². The molecule has 4 rings (SSSR count). The number of halogens is 1. The highest BCUT2D eigenvalue weighted by Gasteiger charge is 2.44. The molecule has 25 heavy (non-hydrogen) atoms. The summed E-state index contributed by atoms with van der Waals surface area (Å²) in [6.45, 7) is 7.41. The van der Waals surface area contributed by atoms with E-state index in [1.54, 1.807) is 0 Å². The lowest BCUT2D eigenvalue weighted by atomic mass is 10.0. The number of ether oxygens (including phenoxy) is 1. The summed E-state index contributed by atoms with van der Waals surface area (Å²) in [6.07, 6.45) is 2.10. The van der Waals surface area contributed by atoms with Crippen LogP contribution in [-0.2, 0) is 4.74 Å². The summed E-state index contributed by atoms with van der Waals surface area (Å²) in [5, 5.41) is 1.26. The fourth-order valence-corrected chi connectivity index (χ4v) is 5.49. The van der Waals surface area contributed by atoms with E-state index in [9.17, 15) is 4.79 Å². The molecule has 4 nitrogen and oxygen atoms in total. The second kappa shape index (κ2) is 6.23. The number of likely N-dealkylation sites (tertiary alicyclic amines) is 1. The van der Waals surface area contributed by atoms with Crippen molar-refractivity contribution in [2.24, 2.45) is 11.8 Å². The third-order valence-electron chi connectivity index (χ3n) is 5.12. The third kappa shape index (κ3) is 3.56. The maximum Gasteiger partial charge on any atom is 0.410 e. The first-order chi connectivity index (χ1) is 11.8. The number of benzene rings is 1. The van der Waals surface area contributed by atoms with E-state index >= 15 is 0 Å². The van der Waals surface area contributed by atoms with E-state index in [0.29, 0.717) is 17.8 Å². The number of nitrogens with zero attached hydrogens (tertiary/aromatic N) is 2. The van der Waals surface area contributed by atoms with E-state index in [0.717, 1.165) is 35.9 Å². The fourth-order valence-electron chi connectivity index (χ4n) is 4.07. The van der Waals surface area contributed by atoms with Crippen molar-refractivity contribution in [2.75, 3.05) is 13.1 Å². The van der Waals surface area contributed by atoms with Gasteiger partial charge in [-0.15, -0.1) is 11.3 Å². The lowest BCUT2D eigenvalue weighted by Crippen LogP contribution is -2.36. The van der Waals surface area contributed by atoms with Crippen LogP contribution in [0.25, 0.3) is 10.2 Å². The Morgan fingerprint density at radius 1 is 1.28 bits per heavy atom. The number of aromatic nitrogens is 1. The molecule has 1 saturated carbocycles. The number of carbonyl (C=O) groups is 1. The van der Waals surface area contributed by atoms with Gasteiger partial charge in [0.05, 0.1) is 15.2 Å². The van der Waals surface area contributed by atoms with Crippen molar-refractivity contribution >= 4 is 43.6 Å². The first-order valence-corrected chi connectivity index (χ1v) is 10.4. The Morgan fingerprint density at radius 3 is 2.60 bits per heavy atom. The molecule has 1 aromatic heterocycles. The Morgan fingerprint density at radius 2 is 1.96 bits per heavy atom. The van der Waals surface area contributed by atoms with Crippen LogP contribution >= 0.6 is 27.3 Å². The topological polar surface area (TPSA) is 42.4 Å². The molecule has 1 aromatic carbocycles. The van der Waals surface area contributed by atoms with Crippen LogP contribution in [0.4, 0.5) is 4.79 Å². The van der Waals surface area contributed by atoms with Gasteiger partial charge in [0, 0.05) is 23.5 Å². The Kier molecular flexibility index (Phi) is 4.31.